The highest BCUT2D eigenvalue weighted by Gasteiger charge is 2.65. The van der Waals surface area contributed by atoms with Gasteiger partial charge >= 0.3 is 5.76 Å². The van der Waals surface area contributed by atoms with E-state index in [4.69, 9.17) is 19.1 Å². The number of anilines is 1. The van der Waals surface area contributed by atoms with Crippen molar-refractivity contribution in [3.63, 3.8) is 0 Å². The number of carbonyl (C=O) groups is 1. The highest BCUT2D eigenvalue weighted by atomic mass is 32.1. The van der Waals surface area contributed by atoms with Gasteiger partial charge in [-0.2, -0.15) is 0 Å². The molecule has 4 aliphatic heterocycles. The van der Waals surface area contributed by atoms with Gasteiger partial charge in [-0.3, -0.25) is 9.78 Å². The van der Waals surface area contributed by atoms with Crippen molar-refractivity contribution in [1.29, 1.82) is 0 Å². The maximum Gasteiger partial charge on any atom is 0.434 e. The summed E-state index contributed by atoms with van der Waals surface area (Å²) in [6.45, 7) is 2.76. The fraction of sp³-hybridized carbons (Fsp3) is 0.289. The van der Waals surface area contributed by atoms with Crippen LogP contribution < -0.4 is 15.8 Å². The molecule has 3 fully saturated rings. The van der Waals surface area contributed by atoms with Gasteiger partial charge in [-0.05, 0) is 79.8 Å². The molecular weight excluding hydrogens is 694 g/mol. The number of H-pyrrole nitrogens is 1. The molecular formula is C38H29F3N6O4S. The number of ether oxygens (including phenoxy) is 1. The van der Waals surface area contributed by atoms with Gasteiger partial charge in [-0.1, -0.05) is 12.1 Å². The molecule has 6 aromatic rings. The van der Waals surface area contributed by atoms with E-state index in [0.717, 1.165) is 45.1 Å². The molecule has 1 atom stereocenters. The fourth-order valence-electron chi connectivity index (χ4n) is 8.64. The van der Waals surface area contributed by atoms with E-state index in [2.05, 4.69) is 15.5 Å². The number of hydrogen-bond donors (Lipinski definition) is 2. The number of aryl methyl sites for hydroxylation is 3. The van der Waals surface area contributed by atoms with Gasteiger partial charge < -0.3 is 19.4 Å². The van der Waals surface area contributed by atoms with Crippen LogP contribution in [0.1, 0.15) is 63.9 Å². The zero-order valence-corrected chi connectivity index (χ0v) is 28.5. The maximum absolute atomic E-state index is 14.7. The summed E-state index contributed by atoms with van der Waals surface area (Å²) in [5.74, 6) is -1.66. The quantitative estimate of drug-likeness (QED) is 0.177. The van der Waals surface area contributed by atoms with E-state index in [-0.39, 0.29) is 30.0 Å². The summed E-state index contributed by atoms with van der Waals surface area (Å²) in [7, 11) is 0. The van der Waals surface area contributed by atoms with Gasteiger partial charge in [0.25, 0.3) is 11.8 Å². The van der Waals surface area contributed by atoms with Crippen LogP contribution in [0.2, 0.25) is 0 Å². The van der Waals surface area contributed by atoms with E-state index >= 15 is 0 Å². The van der Waals surface area contributed by atoms with Crippen molar-refractivity contribution in [2.45, 2.75) is 50.6 Å². The second kappa shape index (κ2) is 11.2. The van der Waals surface area contributed by atoms with Crippen molar-refractivity contribution in [3.05, 3.63) is 110 Å². The van der Waals surface area contributed by atoms with E-state index in [1.807, 2.05) is 24.0 Å². The first-order chi connectivity index (χ1) is 25.1. The molecule has 2 saturated heterocycles. The topological polar surface area (TPSA) is 126 Å². The Bertz CT molecular complexity index is 2540. The zero-order valence-electron chi connectivity index (χ0n) is 27.7. The summed E-state index contributed by atoms with van der Waals surface area (Å²) in [6, 6.07) is 11.8. The van der Waals surface area contributed by atoms with Crippen LogP contribution in [0.25, 0.3) is 32.0 Å². The standard InChI is InChI=1S/C38H29F3N6O4S/c1-17-10-20-11-27(52-32(20)34(42-17)44-25-8-9-50-31-23(25)12-22(40)13-24(31)41)29-28(35-45-46-37(49)51-35)26(7-4-18-2-5-21(39)6-3-18)43-33-30(29)36(48)47-16-19-14-38(33,47)15-19/h2-3,5-6,10-13,19,25H,4,7-9,14-16H2,1H3,(H,42,44)(H,46,49). The van der Waals surface area contributed by atoms with E-state index in [1.165, 1.54) is 29.5 Å². The number of thiophene rings is 1. The Morgan fingerprint density at radius 3 is 2.62 bits per heavy atom. The normalized spacial score (nSPS) is 21.2. The van der Waals surface area contributed by atoms with Crippen LogP contribution in [0.5, 0.6) is 5.75 Å². The molecule has 1 saturated carbocycles. The molecule has 52 heavy (non-hydrogen) atoms. The lowest BCUT2D eigenvalue weighted by Gasteiger charge is -2.37. The monoisotopic (exact) mass is 722 g/mol. The molecule has 2 N–H and O–H groups in total. The van der Waals surface area contributed by atoms with Gasteiger partial charge in [0.1, 0.15) is 17.5 Å². The Morgan fingerprint density at radius 1 is 1.00 bits per heavy atom. The molecule has 10 nitrogen and oxygen atoms in total. The minimum Gasteiger partial charge on any atom is -0.490 e. The third-order valence-electron chi connectivity index (χ3n) is 10.8. The van der Waals surface area contributed by atoms with Crippen molar-refractivity contribution in [3.8, 4) is 27.6 Å². The van der Waals surface area contributed by atoms with Gasteiger partial charge in [0.15, 0.2) is 11.6 Å². The molecule has 5 aliphatic rings. The molecule has 8 heterocycles. The van der Waals surface area contributed by atoms with E-state index in [1.54, 1.807) is 12.1 Å². The average molecular weight is 723 g/mol. The number of aromatic amines is 1. The third-order valence-corrected chi connectivity index (χ3v) is 12.0. The predicted molar refractivity (Wildman–Crippen MR) is 186 cm³/mol. The Labute approximate surface area is 297 Å². The number of hydrogen-bond acceptors (Lipinski definition) is 9. The number of fused-ring (bicyclic) bond motifs is 3. The first kappa shape index (κ1) is 31.3. The first-order valence-electron chi connectivity index (χ1n) is 17.1. The summed E-state index contributed by atoms with van der Waals surface area (Å²) in [5, 5.41) is 10.9. The van der Waals surface area contributed by atoms with Crippen LogP contribution in [0.4, 0.5) is 19.0 Å². The highest BCUT2D eigenvalue weighted by Crippen LogP contribution is 2.63. The van der Waals surface area contributed by atoms with Crippen molar-refractivity contribution in [2.75, 3.05) is 18.5 Å². The number of aromatic nitrogens is 4. The van der Waals surface area contributed by atoms with Gasteiger partial charge in [0, 0.05) is 40.7 Å². The van der Waals surface area contributed by atoms with Crippen LogP contribution in [0.15, 0.2) is 57.7 Å². The molecule has 2 aromatic carbocycles. The highest BCUT2D eigenvalue weighted by molar-refractivity contribution is 7.23. The average Bonchev–Trinajstić information content (AvgIpc) is 3.92. The summed E-state index contributed by atoms with van der Waals surface area (Å²) >= 11 is 1.41. The summed E-state index contributed by atoms with van der Waals surface area (Å²) in [6.07, 6.45) is 3.04. The molecule has 1 spiro atoms. The minimum atomic E-state index is -0.760. The number of pyridine rings is 2. The van der Waals surface area contributed by atoms with Crippen LogP contribution >= 0.6 is 11.3 Å². The number of halogens is 3. The second-order valence-electron chi connectivity index (χ2n) is 14.1. The largest absolute Gasteiger partial charge is 0.490 e. The maximum atomic E-state index is 14.7. The van der Waals surface area contributed by atoms with Crippen molar-refractivity contribution in [2.24, 2.45) is 5.92 Å². The molecule has 262 valence electrons. The first-order valence-corrected chi connectivity index (χ1v) is 18.0. The minimum absolute atomic E-state index is 0.0150. The fourth-order valence-corrected chi connectivity index (χ4v) is 9.79. The number of nitrogens with one attached hydrogen (secondary N) is 2. The molecule has 14 heteroatoms. The lowest BCUT2D eigenvalue weighted by atomic mass is 9.71. The number of nitrogens with zero attached hydrogens (tertiary/aromatic N) is 4. The Morgan fingerprint density at radius 2 is 1.83 bits per heavy atom. The second-order valence-corrected chi connectivity index (χ2v) is 15.1. The SMILES string of the molecule is Cc1cc2cc(-c3c4c(nc(CCc5ccc(F)cc5)c3-c3n[nH]c(=O)o3)C35CC(CN3C4=O)C5)sc2c(NC2CCOc3c(F)cc(F)cc32)n1. The summed E-state index contributed by atoms with van der Waals surface area (Å²) < 4.78 is 54.8. The zero-order chi connectivity index (χ0) is 35.5. The number of amides is 1. The molecule has 1 amide bonds. The number of rotatable bonds is 7. The van der Waals surface area contributed by atoms with E-state index in [0.29, 0.717) is 71.2 Å². The van der Waals surface area contributed by atoms with Crippen LogP contribution in [-0.4, -0.2) is 44.1 Å². The Balaban J connectivity index is 1.16. The molecule has 4 aromatic heterocycles. The van der Waals surface area contributed by atoms with Crippen LogP contribution in [0, 0.1) is 30.3 Å². The number of carbonyl (C=O) groups excluding carboxylic acids is 1. The van der Waals surface area contributed by atoms with Crippen molar-refractivity contribution < 1.29 is 27.1 Å². The predicted octanol–water partition coefficient (Wildman–Crippen LogP) is 7.22. The van der Waals surface area contributed by atoms with Gasteiger partial charge in [0.05, 0.1) is 45.4 Å². The molecule has 0 radical (unpaired) electrons. The summed E-state index contributed by atoms with van der Waals surface area (Å²) in [5.41, 5.74) is 4.33. The molecule has 1 unspecified atom stereocenters. The van der Waals surface area contributed by atoms with Gasteiger partial charge in [0.2, 0.25) is 0 Å². The van der Waals surface area contributed by atoms with Crippen LogP contribution in [0.3, 0.4) is 0 Å². The molecule has 2 bridgehead atoms. The summed E-state index contributed by atoms with van der Waals surface area (Å²) in [4.78, 5) is 39.5. The van der Waals surface area contributed by atoms with E-state index < -0.39 is 29.0 Å². The number of benzene rings is 2. The molecule has 11 rings (SSSR count). The van der Waals surface area contributed by atoms with Gasteiger partial charge in [-0.15, -0.1) is 16.4 Å². The lowest BCUT2D eigenvalue weighted by Crippen LogP contribution is -2.40. The van der Waals surface area contributed by atoms with Gasteiger partial charge in [-0.25, -0.2) is 28.0 Å². The Kier molecular flexibility index (Phi) is 6.76. The van der Waals surface area contributed by atoms with E-state index in [9.17, 15) is 22.8 Å². The van der Waals surface area contributed by atoms with Crippen LogP contribution in [-0.2, 0) is 18.4 Å². The smallest absolute Gasteiger partial charge is 0.434 e. The molecule has 1 aliphatic carbocycles. The van der Waals surface area contributed by atoms with Crippen molar-refractivity contribution >= 4 is 33.1 Å². The lowest BCUT2D eigenvalue weighted by molar-refractivity contribution is 0.0637. The third kappa shape index (κ3) is 4.65. The Hall–Kier alpha value is -5.50. The van der Waals surface area contributed by atoms with Crippen molar-refractivity contribution in [1.82, 2.24) is 25.1 Å².